The molecular formula is C27H22ClN3O5. The van der Waals surface area contributed by atoms with Crippen molar-refractivity contribution in [3.63, 3.8) is 0 Å². The summed E-state index contributed by atoms with van der Waals surface area (Å²) in [4.78, 5) is 24.0. The molecule has 2 N–H and O–H groups in total. The van der Waals surface area contributed by atoms with Gasteiger partial charge in [0.25, 0.3) is 0 Å². The van der Waals surface area contributed by atoms with E-state index in [4.69, 9.17) is 21.0 Å². The Hall–Kier alpha value is -4.17. The van der Waals surface area contributed by atoms with Crippen LogP contribution in [0, 0.1) is 0 Å². The van der Waals surface area contributed by atoms with Crippen LogP contribution in [0.5, 0.6) is 0 Å². The van der Waals surface area contributed by atoms with Crippen molar-refractivity contribution < 1.29 is 24.1 Å². The quantitative estimate of drug-likeness (QED) is 0.296. The molecule has 1 heterocycles. The van der Waals surface area contributed by atoms with Crippen LogP contribution >= 0.6 is 11.6 Å². The van der Waals surface area contributed by atoms with Crippen molar-refractivity contribution in [3.8, 4) is 22.4 Å². The lowest BCUT2D eigenvalue weighted by atomic mass is 9.93. The van der Waals surface area contributed by atoms with E-state index in [0.717, 1.165) is 16.7 Å². The maximum Gasteiger partial charge on any atom is 0.413 e. The molecule has 8 nitrogen and oxygen atoms in total. The van der Waals surface area contributed by atoms with Gasteiger partial charge < -0.3 is 9.84 Å². The number of carboxylic acid groups (broad SMARTS) is 1. The second kappa shape index (κ2) is 9.47. The van der Waals surface area contributed by atoms with E-state index >= 15 is 0 Å². The number of carbonyl (C=O) groups is 2. The number of carboxylic acids is 1. The van der Waals surface area contributed by atoms with Gasteiger partial charge in [-0.05, 0) is 52.8 Å². The van der Waals surface area contributed by atoms with Crippen LogP contribution in [0.3, 0.4) is 0 Å². The van der Waals surface area contributed by atoms with Crippen molar-refractivity contribution in [3.05, 3.63) is 88.9 Å². The number of nitrogens with one attached hydrogen (secondary N) is 1. The Labute approximate surface area is 211 Å². The molecule has 3 aromatic carbocycles. The van der Waals surface area contributed by atoms with Crippen molar-refractivity contribution in [2.24, 2.45) is 0 Å². The topological polar surface area (TPSA) is 115 Å². The molecule has 0 aliphatic heterocycles. The molecule has 182 valence electrons. The van der Waals surface area contributed by atoms with Gasteiger partial charge in [0, 0.05) is 16.1 Å². The minimum atomic E-state index is -0.771. The van der Waals surface area contributed by atoms with Gasteiger partial charge in [0.2, 0.25) is 5.82 Å². The molecule has 9 heteroatoms. The second-order valence-corrected chi connectivity index (χ2v) is 9.10. The summed E-state index contributed by atoms with van der Waals surface area (Å²) in [5.41, 5.74) is 3.75. The average Bonchev–Trinajstić information content (AvgIpc) is 3.58. The van der Waals surface area contributed by atoms with Crippen molar-refractivity contribution >= 4 is 29.5 Å². The number of anilines is 1. The minimum Gasteiger partial charge on any atom is -0.481 e. The maximum atomic E-state index is 12.5. The molecular weight excluding hydrogens is 482 g/mol. The molecule has 1 saturated carbocycles. The van der Waals surface area contributed by atoms with Crippen molar-refractivity contribution in [1.29, 1.82) is 0 Å². The maximum absolute atomic E-state index is 12.5. The smallest absolute Gasteiger partial charge is 0.413 e. The van der Waals surface area contributed by atoms with Crippen LogP contribution in [0.15, 0.2) is 77.4 Å². The summed E-state index contributed by atoms with van der Waals surface area (Å²) in [5, 5.41) is 20.3. The molecule has 0 spiro atoms. The first-order chi connectivity index (χ1) is 17.4. The van der Waals surface area contributed by atoms with E-state index in [1.165, 1.54) is 0 Å². The lowest BCUT2D eigenvalue weighted by molar-refractivity contribution is -0.140. The molecule has 0 radical (unpaired) electrons. The van der Waals surface area contributed by atoms with Crippen LogP contribution in [-0.2, 0) is 14.9 Å². The summed E-state index contributed by atoms with van der Waals surface area (Å²) in [6.45, 7) is 1.72. The molecule has 1 amide bonds. The SMILES string of the molecule is CC(OC(=O)Nc1nonc1-c1ccc(-c2ccc(C3(C(=O)O)CC3)cc2)cc1)c1ccccc1Cl. The number of rotatable bonds is 7. The van der Waals surface area contributed by atoms with E-state index in [-0.39, 0.29) is 5.82 Å². The standard InChI is InChI=1S/C27H22ClN3O5/c1-16(21-4-2-3-5-22(21)28)35-26(34)29-24-23(30-36-31-24)19-8-6-17(7-9-19)18-10-12-20(13-11-18)27(14-15-27)25(32)33/h2-13,16H,14-15H2,1H3,(H,32,33)(H,29,31,34). The van der Waals surface area contributed by atoms with Gasteiger partial charge in [-0.3, -0.25) is 10.1 Å². The third-order valence-electron chi connectivity index (χ3n) is 6.42. The second-order valence-electron chi connectivity index (χ2n) is 8.70. The number of carbonyl (C=O) groups excluding carboxylic acids is 1. The summed E-state index contributed by atoms with van der Waals surface area (Å²) in [6, 6.07) is 22.2. The molecule has 1 fully saturated rings. The number of halogens is 1. The van der Waals surface area contributed by atoms with Gasteiger partial charge in [0.05, 0.1) is 5.41 Å². The highest BCUT2D eigenvalue weighted by Crippen LogP contribution is 2.48. The zero-order chi connectivity index (χ0) is 25.3. The highest BCUT2D eigenvalue weighted by atomic mass is 35.5. The number of aromatic nitrogens is 2. The fourth-order valence-corrected chi connectivity index (χ4v) is 4.46. The number of aliphatic carboxylic acids is 1. The Morgan fingerprint density at radius 1 is 0.972 bits per heavy atom. The largest absolute Gasteiger partial charge is 0.481 e. The molecule has 1 atom stereocenters. The van der Waals surface area contributed by atoms with Crippen LogP contribution in [0.2, 0.25) is 5.02 Å². The number of hydrogen-bond acceptors (Lipinski definition) is 6. The molecule has 1 aromatic heterocycles. The molecule has 0 saturated heterocycles. The van der Waals surface area contributed by atoms with Gasteiger partial charge >= 0.3 is 12.1 Å². The van der Waals surface area contributed by atoms with Crippen LogP contribution in [0.4, 0.5) is 10.6 Å². The van der Waals surface area contributed by atoms with Crippen molar-refractivity contribution in [2.75, 3.05) is 5.32 Å². The molecule has 0 bridgehead atoms. The summed E-state index contributed by atoms with van der Waals surface area (Å²) in [5.74, 6) is -0.640. The minimum absolute atomic E-state index is 0.131. The molecule has 4 aromatic rings. The molecule has 36 heavy (non-hydrogen) atoms. The summed E-state index contributed by atoms with van der Waals surface area (Å²) in [7, 11) is 0. The Balaban J connectivity index is 1.27. The van der Waals surface area contributed by atoms with Gasteiger partial charge in [-0.2, -0.15) is 0 Å². The van der Waals surface area contributed by atoms with E-state index in [1.54, 1.807) is 25.1 Å². The first kappa shape index (κ1) is 23.6. The third kappa shape index (κ3) is 4.55. The molecule has 1 aliphatic carbocycles. The van der Waals surface area contributed by atoms with Crippen LogP contribution in [0.1, 0.15) is 37.0 Å². The fraction of sp³-hybridized carbons (Fsp3) is 0.185. The monoisotopic (exact) mass is 503 g/mol. The summed E-state index contributed by atoms with van der Waals surface area (Å²) < 4.78 is 10.3. The van der Waals surface area contributed by atoms with E-state index in [1.807, 2.05) is 54.6 Å². The lowest BCUT2D eigenvalue weighted by Gasteiger charge is -2.14. The van der Waals surface area contributed by atoms with E-state index in [2.05, 4.69) is 15.6 Å². The van der Waals surface area contributed by atoms with E-state index in [9.17, 15) is 14.7 Å². The highest BCUT2D eigenvalue weighted by Gasteiger charge is 2.51. The van der Waals surface area contributed by atoms with Gasteiger partial charge in [-0.1, -0.05) is 78.3 Å². The molecule has 1 unspecified atom stereocenters. The highest BCUT2D eigenvalue weighted by molar-refractivity contribution is 6.31. The number of benzene rings is 3. The Bertz CT molecular complexity index is 1410. The first-order valence-corrected chi connectivity index (χ1v) is 11.7. The summed E-state index contributed by atoms with van der Waals surface area (Å²) >= 11 is 6.18. The van der Waals surface area contributed by atoms with Gasteiger partial charge in [0.1, 0.15) is 6.10 Å². The van der Waals surface area contributed by atoms with Crippen LogP contribution in [-0.4, -0.2) is 27.5 Å². The zero-order valence-electron chi connectivity index (χ0n) is 19.3. The van der Waals surface area contributed by atoms with E-state index < -0.39 is 23.6 Å². The lowest BCUT2D eigenvalue weighted by Crippen LogP contribution is -2.19. The third-order valence-corrected chi connectivity index (χ3v) is 6.77. The first-order valence-electron chi connectivity index (χ1n) is 11.4. The van der Waals surface area contributed by atoms with Gasteiger partial charge in [-0.25, -0.2) is 9.42 Å². The Kier molecular flexibility index (Phi) is 6.20. The average molecular weight is 504 g/mol. The number of nitrogens with zero attached hydrogens (tertiary/aromatic N) is 2. The van der Waals surface area contributed by atoms with Crippen molar-refractivity contribution in [2.45, 2.75) is 31.3 Å². The number of ether oxygens (including phenoxy) is 1. The van der Waals surface area contributed by atoms with Gasteiger partial charge in [0.15, 0.2) is 5.69 Å². The number of amides is 1. The molecule has 1 aliphatic rings. The predicted octanol–water partition coefficient (Wildman–Crippen LogP) is 6.48. The Morgan fingerprint density at radius 2 is 1.58 bits per heavy atom. The predicted molar refractivity (Wildman–Crippen MR) is 134 cm³/mol. The fourth-order valence-electron chi connectivity index (χ4n) is 4.17. The summed E-state index contributed by atoms with van der Waals surface area (Å²) in [6.07, 6.45) is 0.0550. The van der Waals surface area contributed by atoms with Crippen LogP contribution < -0.4 is 5.32 Å². The van der Waals surface area contributed by atoms with Crippen LogP contribution in [0.25, 0.3) is 22.4 Å². The molecule has 5 rings (SSSR count). The normalized spacial score (nSPS) is 14.6. The van der Waals surface area contributed by atoms with Gasteiger partial charge in [-0.15, -0.1) is 0 Å². The van der Waals surface area contributed by atoms with Crippen molar-refractivity contribution in [1.82, 2.24) is 10.3 Å². The Morgan fingerprint density at radius 3 is 2.19 bits per heavy atom. The zero-order valence-corrected chi connectivity index (χ0v) is 20.0. The number of hydrogen-bond donors (Lipinski definition) is 2. The van der Waals surface area contributed by atoms with E-state index in [0.29, 0.717) is 34.7 Å².